The molecule has 0 N–H and O–H groups in total. The van der Waals surface area contributed by atoms with E-state index >= 15 is 0 Å². The normalized spacial score (nSPS) is 15.1. The average Bonchev–Trinajstić information content (AvgIpc) is 2.67. The molecule has 0 aliphatic carbocycles. The Morgan fingerprint density at radius 3 is 2.19 bits per heavy atom. The SMILES string of the molecule is COc1ccc(N2CCN(C(=O)c3ccc(C(F)(F)F)nc3)CC2)cc1. The number of hydrogen-bond donors (Lipinski definition) is 0. The van der Waals surface area contributed by atoms with Crippen molar-refractivity contribution in [2.45, 2.75) is 6.18 Å². The van der Waals surface area contributed by atoms with Crippen LogP contribution in [0.15, 0.2) is 42.6 Å². The number of alkyl halides is 3. The molecule has 1 aliphatic rings. The van der Waals surface area contributed by atoms with E-state index in [2.05, 4.69) is 9.88 Å². The first kappa shape index (κ1) is 18.0. The van der Waals surface area contributed by atoms with Crippen LogP contribution in [0.3, 0.4) is 0 Å². The number of nitrogens with zero attached hydrogens (tertiary/aromatic N) is 3. The number of ether oxygens (including phenoxy) is 1. The fourth-order valence-electron chi connectivity index (χ4n) is 2.83. The van der Waals surface area contributed by atoms with Crippen molar-refractivity contribution >= 4 is 11.6 Å². The molecule has 138 valence electrons. The number of carbonyl (C=O) groups is 1. The first-order valence-corrected chi connectivity index (χ1v) is 8.10. The van der Waals surface area contributed by atoms with Crippen molar-refractivity contribution in [1.82, 2.24) is 9.88 Å². The van der Waals surface area contributed by atoms with Crippen molar-refractivity contribution in [3.63, 3.8) is 0 Å². The summed E-state index contributed by atoms with van der Waals surface area (Å²) < 4.78 is 42.8. The molecule has 8 heteroatoms. The second kappa shape index (κ2) is 7.23. The van der Waals surface area contributed by atoms with Crippen molar-refractivity contribution in [3.05, 3.63) is 53.9 Å². The minimum Gasteiger partial charge on any atom is -0.497 e. The van der Waals surface area contributed by atoms with E-state index in [9.17, 15) is 18.0 Å². The molecule has 1 saturated heterocycles. The van der Waals surface area contributed by atoms with Gasteiger partial charge in [-0.15, -0.1) is 0 Å². The largest absolute Gasteiger partial charge is 0.497 e. The predicted molar refractivity (Wildman–Crippen MR) is 90.3 cm³/mol. The van der Waals surface area contributed by atoms with E-state index in [0.29, 0.717) is 26.2 Å². The van der Waals surface area contributed by atoms with Crippen LogP contribution in [0.1, 0.15) is 16.1 Å². The van der Waals surface area contributed by atoms with E-state index in [1.807, 2.05) is 24.3 Å². The molecule has 3 rings (SSSR count). The maximum atomic E-state index is 12.6. The molecule has 0 unspecified atom stereocenters. The summed E-state index contributed by atoms with van der Waals surface area (Å²) in [4.78, 5) is 19.6. The number of halogens is 3. The summed E-state index contributed by atoms with van der Waals surface area (Å²) in [5.74, 6) is 0.470. The molecular weight excluding hydrogens is 347 g/mol. The number of pyridine rings is 1. The molecule has 1 amide bonds. The van der Waals surface area contributed by atoms with Crippen LogP contribution >= 0.6 is 0 Å². The standard InChI is InChI=1S/C18H18F3N3O2/c1-26-15-5-3-14(4-6-15)23-8-10-24(11-9-23)17(25)13-2-7-16(22-12-13)18(19,20)21/h2-7,12H,8-11H2,1H3. The minimum atomic E-state index is -4.51. The zero-order valence-corrected chi connectivity index (χ0v) is 14.2. The molecule has 1 aromatic heterocycles. The highest BCUT2D eigenvalue weighted by molar-refractivity contribution is 5.94. The lowest BCUT2D eigenvalue weighted by atomic mass is 10.2. The van der Waals surface area contributed by atoms with Crippen molar-refractivity contribution in [2.24, 2.45) is 0 Å². The molecule has 0 radical (unpaired) electrons. The molecule has 2 heterocycles. The van der Waals surface area contributed by atoms with Crippen molar-refractivity contribution in [3.8, 4) is 5.75 Å². The number of aromatic nitrogens is 1. The summed E-state index contributed by atoms with van der Waals surface area (Å²) in [6, 6.07) is 9.67. The van der Waals surface area contributed by atoms with E-state index in [1.165, 1.54) is 6.07 Å². The molecule has 5 nitrogen and oxygen atoms in total. The summed E-state index contributed by atoms with van der Waals surface area (Å²) in [7, 11) is 1.61. The van der Waals surface area contributed by atoms with Gasteiger partial charge < -0.3 is 14.5 Å². The van der Waals surface area contributed by atoms with Crippen LogP contribution in [0, 0.1) is 0 Å². The predicted octanol–water partition coefficient (Wildman–Crippen LogP) is 3.07. The highest BCUT2D eigenvalue weighted by Crippen LogP contribution is 2.27. The van der Waals surface area contributed by atoms with Gasteiger partial charge in [-0.05, 0) is 36.4 Å². The number of anilines is 1. The first-order valence-electron chi connectivity index (χ1n) is 8.10. The van der Waals surface area contributed by atoms with Gasteiger partial charge in [0.1, 0.15) is 11.4 Å². The van der Waals surface area contributed by atoms with Crippen molar-refractivity contribution in [2.75, 3.05) is 38.2 Å². The fourth-order valence-corrected chi connectivity index (χ4v) is 2.83. The fraction of sp³-hybridized carbons (Fsp3) is 0.333. The molecule has 0 saturated carbocycles. The quantitative estimate of drug-likeness (QED) is 0.839. The average molecular weight is 365 g/mol. The summed E-state index contributed by atoms with van der Waals surface area (Å²) >= 11 is 0. The van der Waals surface area contributed by atoms with Gasteiger partial charge in [0.2, 0.25) is 0 Å². The highest BCUT2D eigenvalue weighted by Gasteiger charge is 2.32. The van der Waals surface area contributed by atoms with Crippen LogP contribution in [0.2, 0.25) is 0 Å². The number of rotatable bonds is 3. The van der Waals surface area contributed by atoms with Gasteiger partial charge in [-0.3, -0.25) is 9.78 Å². The van der Waals surface area contributed by atoms with E-state index in [4.69, 9.17) is 4.74 Å². The molecular formula is C18H18F3N3O2. The van der Waals surface area contributed by atoms with Gasteiger partial charge in [0.05, 0.1) is 12.7 Å². The van der Waals surface area contributed by atoms with Gasteiger partial charge in [0, 0.05) is 38.1 Å². The Bertz CT molecular complexity index is 753. The van der Waals surface area contributed by atoms with E-state index in [1.54, 1.807) is 12.0 Å². The second-order valence-corrected chi connectivity index (χ2v) is 5.91. The van der Waals surface area contributed by atoms with Crippen molar-refractivity contribution < 1.29 is 22.7 Å². The van der Waals surface area contributed by atoms with Crippen LogP contribution in [0.25, 0.3) is 0 Å². The van der Waals surface area contributed by atoms with Crippen LogP contribution in [-0.4, -0.2) is 49.1 Å². The van der Waals surface area contributed by atoms with Gasteiger partial charge in [0.15, 0.2) is 0 Å². The Balaban J connectivity index is 1.61. The molecule has 0 spiro atoms. The monoisotopic (exact) mass is 365 g/mol. The van der Waals surface area contributed by atoms with Crippen molar-refractivity contribution in [1.29, 1.82) is 0 Å². The smallest absolute Gasteiger partial charge is 0.433 e. The summed E-state index contributed by atoms with van der Waals surface area (Å²) in [5, 5.41) is 0. The zero-order valence-electron chi connectivity index (χ0n) is 14.2. The van der Waals surface area contributed by atoms with Crippen LogP contribution in [0.4, 0.5) is 18.9 Å². The molecule has 1 aliphatic heterocycles. The molecule has 2 aromatic rings. The second-order valence-electron chi connectivity index (χ2n) is 5.91. The Morgan fingerprint density at radius 2 is 1.69 bits per heavy atom. The third-order valence-corrected chi connectivity index (χ3v) is 4.31. The first-order chi connectivity index (χ1) is 12.4. The van der Waals surface area contributed by atoms with Gasteiger partial charge in [0.25, 0.3) is 5.91 Å². The third-order valence-electron chi connectivity index (χ3n) is 4.31. The minimum absolute atomic E-state index is 0.163. The lowest BCUT2D eigenvalue weighted by Gasteiger charge is -2.36. The number of hydrogen-bond acceptors (Lipinski definition) is 4. The topological polar surface area (TPSA) is 45.7 Å². The summed E-state index contributed by atoms with van der Waals surface area (Å²) in [6.45, 7) is 2.27. The van der Waals surface area contributed by atoms with Crippen LogP contribution in [-0.2, 0) is 6.18 Å². The molecule has 26 heavy (non-hydrogen) atoms. The summed E-state index contributed by atoms with van der Waals surface area (Å²) in [6.07, 6.45) is -3.52. The lowest BCUT2D eigenvalue weighted by molar-refractivity contribution is -0.141. The lowest BCUT2D eigenvalue weighted by Crippen LogP contribution is -2.48. The van der Waals surface area contributed by atoms with Gasteiger partial charge in [-0.25, -0.2) is 0 Å². The molecule has 1 aromatic carbocycles. The molecule has 0 atom stereocenters. The Morgan fingerprint density at radius 1 is 1.04 bits per heavy atom. The Kier molecular flexibility index (Phi) is 5.01. The number of piperazine rings is 1. The molecule has 1 fully saturated rings. The zero-order chi connectivity index (χ0) is 18.7. The van der Waals surface area contributed by atoms with Gasteiger partial charge in [-0.1, -0.05) is 0 Å². The third kappa shape index (κ3) is 3.89. The Hall–Kier alpha value is -2.77. The van der Waals surface area contributed by atoms with Crippen LogP contribution < -0.4 is 9.64 Å². The molecule has 0 bridgehead atoms. The highest BCUT2D eigenvalue weighted by atomic mass is 19.4. The number of carbonyl (C=O) groups excluding carboxylic acids is 1. The maximum Gasteiger partial charge on any atom is 0.433 e. The Labute approximate surface area is 149 Å². The van der Waals surface area contributed by atoms with E-state index in [-0.39, 0.29) is 11.5 Å². The van der Waals surface area contributed by atoms with Crippen LogP contribution in [0.5, 0.6) is 5.75 Å². The number of amides is 1. The van der Waals surface area contributed by atoms with Gasteiger partial charge >= 0.3 is 6.18 Å². The number of methoxy groups -OCH3 is 1. The van der Waals surface area contributed by atoms with E-state index < -0.39 is 11.9 Å². The summed E-state index contributed by atoms with van der Waals surface area (Å²) in [5.41, 5.74) is 0.198. The van der Waals surface area contributed by atoms with Gasteiger partial charge in [-0.2, -0.15) is 13.2 Å². The maximum absolute atomic E-state index is 12.6. The number of benzene rings is 1. The van der Waals surface area contributed by atoms with E-state index in [0.717, 1.165) is 23.7 Å².